The molecule has 2 aliphatic rings. The lowest BCUT2D eigenvalue weighted by Crippen LogP contribution is -2.54. The van der Waals surface area contributed by atoms with Crippen LogP contribution >= 0.6 is 0 Å². The highest BCUT2D eigenvalue weighted by Gasteiger charge is 2.36. The quantitative estimate of drug-likeness (QED) is 0.918. The van der Waals surface area contributed by atoms with Gasteiger partial charge in [0, 0.05) is 49.9 Å². The minimum Gasteiger partial charge on any atom is -0.497 e. The predicted molar refractivity (Wildman–Crippen MR) is 87.2 cm³/mol. The van der Waals surface area contributed by atoms with Crippen molar-refractivity contribution in [3.63, 3.8) is 0 Å². The molecule has 0 unspecified atom stereocenters. The lowest BCUT2D eigenvalue weighted by atomic mass is 9.75. The van der Waals surface area contributed by atoms with E-state index in [-0.39, 0.29) is 11.4 Å². The van der Waals surface area contributed by atoms with Crippen LogP contribution in [0.4, 0.5) is 5.69 Å². The molecule has 5 heteroatoms. The molecule has 0 bridgehead atoms. The Labute approximate surface area is 132 Å². The summed E-state index contributed by atoms with van der Waals surface area (Å²) in [5.74, 6) is 1.08. The molecule has 0 aromatic heterocycles. The van der Waals surface area contributed by atoms with Gasteiger partial charge in [0.1, 0.15) is 5.75 Å². The topological polar surface area (TPSA) is 58.8 Å². The minimum atomic E-state index is -0.221. The second kappa shape index (κ2) is 6.16. The molecule has 1 aromatic rings. The molecular formula is C17H25N3O2. The first-order chi connectivity index (χ1) is 10.6. The van der Waals surface area contributed by atoms with Crippen molar-refractivity contribution in [3.05, 3.63) is 24.3 Å². The van der Waals surface area contributed by atoms with Gasteiger partial charge in [-0.2, -0.15) is 0 Å². The normalized spacial score (nSPS) is 20.5. The fourth-order valence-corrected chi connectivity index (χ4v) is 3.24. The molecule has 1 aliphatic carbocycles. The van der Waals surface area contributed by atoms with Gasteiger partial charge in [-0.1, -0.05) is 6.07 Å². The van der Waals surface area contributed by atoms with Gasteiger partial charge in [-0.15, -0.1) is 0 Å². The van der Waals surface area contributed by atoms with Crippen LogP contribution < -0.4 is 15.4 Å². The van der Waals surface area contributed by atoms with Crippen molar-refractivity contribution in [3.8, 4) is 5.75 Å². The van der Waals surface area contributed by atoms with E-state index in [0.29, 0.717) is 6.42 Å². The van der Waals surface area contributed by atoms with E-state index in [9.17, 15) is 4.79 Å². The Balaban J connectivity index is 1.54. The maximum Gasteiger partial charge on any atom is 0.224 e. The molecule has 1 aliphatic heterocycles. The highest BCUT2D eigenvalue weighted by molar-refractivity contribution is 5.78. The van der Waals surface area contributed by atoms with Crippen molar-refractivity contribution < 1.29 is 9.53 Å². The van der Waals surface area contributed by atoms with E-state index in [0.717, 1.165) is 56.9 Å². The monoisotopic (exact) mass is 303 g/mol. The second-order valence-corrected chi connectivity index (χ2v) is 6.46. The summed E-state index contributed by atoms with van der Waals surface area (Å²) >= 11 is 0. The maximum absolute atomic E-state index is 12.4. The largest absolute Gasteiger partial charge is 0.497 e. The van der Waals surface area contributed by atoms with Gasteiger partial charge in [0.05, 0.1) is 7.11 Å². The smallest absolute Gasteiger partial charge is 0.224 e. The molecular weight excluding hydrogens is 278 g/mol. The number of benzene rings is 1. The van der Waals surface area contributed by atoms with Crippen LogP contribution in [-0.4, -0.2) is 49.6 Å². The van der Waals surface area contributed by atoms with E-state index in [2.05, 4.69) is 11.0 Å². The number of rotatable bonds is 4. The van der Waals surface area contributed by atoms with Crippen LogP contribution in [0.5, 0.6) is 5.75 Å². The summed E-state index contributed by atoms with van der Waals surface area (Å²) in [5, 5.41) is 0. The molecule has 0 atom stereocenters. The van der Waals surface area contributed by atoms with E-state index >= 15 is 0 Å². The summed E-state index contributed by atoms with van der Waals surface area (Å²) in [5.41, 5.74) is 7.12. The third-order valence-corrected chi connectivity index (χ3v) is 4.90. The zero-order chi connectivity index (χ0) is 15.6. The lowest BCUT2D eigenvalue weighted by Gasteiger charge is -2.41. The third-order valence-electron chi connectivity index (χ3n) is 4.90. The van der Waals surface area contributed by atoms with E-state index in [4.69, 9.17) is 10.5 Å². The minimum absolute atomic E-state index is 0.215. The van der Waals surface area contributed by atoms with Crippen LogP contribution in [0.2, 0.25) is 0 Å². The number of carbonyl (C=O) groups excluding carboxylic acids is 1. The summed E-state index contributed by atoms with van der Waals surface area (Å²) in [4.78, 5) is 16.6. The average molecular weight is 303 g/mol. The summed E-state index contributed by atoms with van der Waals surface area (Å²) in [7, 11) is 1.68. The number of nitrogens with zero attached hydrogens (tertiary/aromatic N) is 2. The van der Waals surface area contributed by atoms with Gasteiger partial charge < -0.3 is 20.3 Å². The zero-order valence-electron chi connectivity index (χ0n) is 13.3. The van der Waals surface area contributed by atoms with Gasteiger partial charge in [-0.05, 0) is 31.4 Å². The highest BCUT2D eigenvalue weighted by Crippen LogP contribution is 2.32. The first kappa shape index (κ1) is 15.2. The molecule has 0 radical (unpaired) electrons. The van der Waals surface area contributed by atoms with Crippen molar-refractivity contribution in [1.82, 2.24) is 4.90 Å². The maximum atomic E-state index is 12.4. The molecule has 5 nitrogen and oxygen atoms in total. The Hall–Kier alpha value is -1.75. The Morgan fingerprint density at radius 3 is 2.59 bits per heavy atom. The Kier molecular flexibility index (Phi) is 4.25. The number of piperazine rings is 1. The SMILES string of the molecule is COc1cccc(N2CCN(C(=O)CC3(N)CCC3)CC2)c1. The molecule has 1 heterocycles. The molecule has 3 rings (SSSR count). The van der Waals surface area contributed by atoms with Gasteiger partial charge in [0.2, 0.25) is 5.91 Å². The lowest BCUT2D eigenvalue weighted by molar-refractivity contribution is -0.133. The fourth-order valence-electron chi connectivity index (χ4n) is 3.24. The number of hydrogen-bond donors (Lipinski definition) is 1. The molecule has 1 aromatic carbocycles. The number of hydrogen-bond acceptors (Lipinski definition) is 4. The molecule has 0 spiro atoms. The number of nitrogens with two attached hydrogens (primary N) is 1. The van der Waals surface area contributed by atoms with Gasteiger partial charge in [-0.3, -0.25) is 4.79 Å². The molecule has 1 saturated heterocycles. The standard InChI is InChI=1S/C17H25N3O2/c1-22-15-5-2-4-14(12-15)19-8-10-20(11-9-19)16(21)13-17(18)6-3-7-17/h2,4-5,12H,3,6-11,13,18H2,1H3. The van der Waals surface area contributed by atoms with Gasteiger partial charge in [-0.25, -0.2) is 0 Å². The second-order valence-electron chi connectivity index (χ2n) is 6.46. The van der Waals surface area contributed by atoms with Crippen LogP contribution in [0, 0.1) is 0 Å². The van der Waals surface area contributed by atoms with Crippen molar-refractivity contribution in [1.29, 1.82) is 0 Å². The average Bonchev–Trinajstić information content (AvgIpc) is 2.53. The highest BCUT2D eigenvalue weighted by atomic mass is 16.5. The van der Waals surface area contributed by atoms with Crippen LogP contribution in [0.3, 0.4) is 0 Å². The number of carbonyl (C=O) groups is 1. The summed E-state index contributed by atoms with van der Waals surface area (Å²) in [6.07, 6.45) is 3.64. The van der Waals surface area contributed by atoms with E-state index < -0.39 is 0 Å². The van der Waals surface area contributed by atoms with Crippen molar-refractivity contribution in [2.75, 3.05) is 38.2 Å². The van der Waals surface area contributed by atoms with Crippen LogP contribution in [0.25, 0.3) is 0 Å². The summed E-state index contributed by atoms with van der Waals surface area (Å²) < 4.78 is 5.27. The number of anilines is 1. The number of ether oxygens (including phenoxy) is 1. The first-order valence-electron chi connectivity index (χ1n) is 8.05. The third kappa shape index (κ3) is 3.19. The predicted octanol–water partition coefficient (Wildman–Crippen LogP) is 1.62. The van der Waals surface area contributed by atoms with Gasteiger partial charge in [0.15, 0.2) is 0 Å². The van der Waals surface area contributed by atoms with Crippen LogP contribution in [-0.2, 0) is 4.79 Å². The zero-order valence-corrected chi connectivity index (χ0v) is 13.3. The fraction of sp³-hybridized carbons (Fsp3) is 0.588. The number of amides is 1. The number of methoxy groups -OCH3 is 1. The Morgan fingerprint density at radius 2 is 2.00 bits per heavy atom. The first-order valence-corrected chi connectivity index (χ1v) is 8.05. The molecule has 120 valence electrons. The molecule has 2 fully saturated rings. The van der Waals surface area contributed by atoms with Gasteiger partial charge in [0.25, 0.3) is 0 Å². The van der Waals surface area contributed by atoms with E-state index in [1.165, 1.54) is 0 Å². The Morgan fingerprint density at radius 1 is 1.27 bits per heavy atom. The molecule has 1 saturated carbocycles. The van der Waals surface area contributed by atoms with Gasteiger partial charge >= 0.3 is 0 Å². The van der Waals surface area contributed by atoms with Crippen LogP contribution in [0.1, 0.15) is 25.7 Å². The summed E-state index contributed by atoms with van der Waals surface area (Å²) in [6, 6.07) is 8.08. The van der Waals surface area contributed by atoms with Crippen molar-refractivity contribution in [2.45, 2.75) is 31.2 Å². The van der Waals surface area contributed by atoms with E-state index in [1.807, 2.05) is 23.1 Å². The van der Waals surface area contributed by atoms with Crippen molar-refractivity contribution in [2.24, 2.45) is 5.73 Å². The van der Waals surface area contributed by atoms with Crippen LogP contribution in [0.15, 0.2) is 24.3 Å². The molecule has 22 heavy (non-hydrogen) atoms. The van der Waals surface area contributed by atoms with Crippen molar-refractivity contribution >= 4 is 11.6 Å². The Bertz CT molecular complexity index is 534. The summed E-state index contributed by atoms with van der Waals surface area (Å²) in [6.45, 7) is 3.26. The molecule has 1 amide bonds. The molecule has 2 N–H and O–H groups in total. The van der Waals surface area contributed by atoms with E-state index in [1.54, 1.807) is 7.11 Å².